The molecule has 0 N–H and O–H groups in total. The van der Waals surface area contributed by atoms with Crippen molar-refractivity contribution in [2.45, 2.75) is 4.90 Å². The summed E-state index contributed by atoms with van der Waals surface area (Å²) < 4.78 is 34.2. The van der Waals surface area contributed by atoms with E-state index in [1.807, 2.05) is 0 Å². The van der Waals surface area contributed by atoms with Gasteiger partial charge in [0.25, 0.3) is 5.69 Å². The molecule has 0 saturated heterocycles. The monoisotopic (exact) mass is 367 g/mol. The van der Waals surface area contributed by atoms with Crippen LogP contribution in [0.3, 0.4) is 0 Å². The fraction of sp³-hybridized carbons (Fsp3) is 0. The highest BCUT2D eigenvalue weighted by Gasteiger charge is 2.10. The van der Waals surface area contributed by atoms with Gasteiger partial charge >= 0.3 is 10.2 Å². The smallest absolute Gasteiger partial charge is 0.258 e. The van der Waals surface area contributed by atoms with E-state index in [4.69, 9.17) is 11.6 Å². The van der Waals surface area contributed by atoms with Crippen molar-refractivity contribution in [3.8, 4) is 0 Å². The molecule has 0 unspecified atom stereocenters. The van der Waals surface area contributed by atoms with Gasteiger partial charge in [0.1, 0.15) is 0 Å². The van der Waals surface area contributed by atoms with Gasteiger partial charge in [-0.1, -0.05) is 48.0 Å². The predicted molar refractivity (Wildman–Crippen MR) is 90.9 cm³/mol. The highest BCUT2D eigenvalue weighted by molar-refractivity contribution is 7.86. The van der Waals surface area contributed by atoms with Crippen molar-refractivity contribution in [1.82, 2.24) is 0 Å². The van der Waals surface area contributed by atoms with E-state index in [0.29, 0.717) is 11.1 Å². The van der Waals surface area contributed by atoms with Crippen LogP contribution in [0.25, 0.3) is 12.2 Å². The first kappa shape index (κ1) is 17.8. The van der Waals surface area contributed by atoms with Crippen LogP contribution in [0.15, 0.2) is 59.5 Å². The van der Waals surface area contributed by atoms with Gasteiger partial charge < -0.3 is 0 Å². The topological polar surface area (TPSA) is 77.3 Å². The minimum atomic E-state index is -4.70. The highest BCUT2D eigenvalue weighted by atomic mass is 35.5. The van der Waals surface area contributed by atoms with Crippen LogP contribution < -0.4 is 0 Å². The molecule has 0 fully saturated rings. The van der Waals surface area contributed by atoms with Crippen LogP contribution in [0.2, 0.25) is 5.02 Å². The SMILES string of the molecule is O=[N+]([O-])c1ccc(/C=C\C=C/c2ccc(S(=O)(=O)F)cc2)c(Cl)c1. The first-order valence-electron chi connectivity index (χ1n) is 6.61. The van der Waals surface area contributed by atoms with Crippen molar-refractivity contribution in [2.24, 2.45) is 0 Å². The first-order valence-corrected chi connectivity index (χ1v) is 8.37. The molecule has 124 valence electrons. The van der Waals surface area contributed by atoms with Gasteiger partial charge in [0.15, 0.2) is 0 Å². The molecule has 5 nitrogen and oxygen atoms in total. The van der Waals surface area contributed by atoms with Crippen LogP contribution in [0.1, 0.15) is 11.1 Å². The molecule has 8 heteroatoms. The van der Waals surface area contributed by atoms with Gasteiger partial charge in [0, 0.05) is 12.1 Å². The van der Waals surface area contributed by atoms with E-state index < -0.39 is 20.0 Å². The van der Waals surface area contributed by atoms with Gasteiger partial charge in [0.2, 0.25) is 0 Å². The molecule has 0 aromatic heterocycles. The molecule has 0 bridgehead atoms. The van der Waals surface area contributed by atoms with Crippen LogP contribution in [0.5, 0.6) is 0 Å². The summed E-state index contributed by atoms with van der Waals surface area (Å²) in [5.41, 5.74) is 1.21. The number of non-ortho nitro benzene ring substituents is 1. The second-order valence-electron chi connectivity index (χ2n) is 4.69. The quantitative estimate of drug-likeness (QED) is 0.334. The van der Waals surface area contributed by atoms with Gasteiger partial charge in [-0.2, -0.15) is 8.42 Å². The Morgan fingerprint density at radius 1 is 1.04 bits per heavy atom. The number of nitro groups is 1. The van der Waals surface area contributed by atoms with Crippen molar-refractivity contribution in [1.29, 1.82) is 0 Å². The molecule has 0 aliphatic carbocycles. The minimum Gasteiger partial charge on any atom is -0.258 e. The third-order valence-corrected chi connectivity index (χ3v) is 4.19. The van der Waals surface area contributed by atoms with E-state index in [9.17, 15) is 22.4 Å². The predicted octanol–water partition coefficient (Wildman–Crippen LogP) is 4.63. The van der Waals surface area contributed by atoms with Crippen molar-refractivity contribution >= 4 is 39.7 Å². The number of hydrogen-bond acceptors (Lipinski definition) is 4. The molecule has 0 saturated carbocycles. The summed E-state index contributed by atoms with van der Waals surface area (Å²) in [5, 5.41) is 10.9. The van der Waals surface area contributed by atoms with Gasteiger partial charge in [-0.05, 0) is 29.3 Å². The van der Waals surface area contributed by atoms with Crippen molar-refractivity contribution in [2.75, 3.05) is 0 Å². The van der Waals surface area contributed by atoms with Crippen LogP contribution in [-0.2, 0) is 10.2 Å². The molecule has 0 amide bonds. The lowest BCUT2D eigenvalue weighted by atomic mass is 10.1. The summed E-state index contributed by atoms with van der Waals surface area (Å²) in [6.45, 7) is 0. The summed E-state index contributed by atoms with van der Waals surface area (Å²) in [5.74, 6) is 0. The number of rotatable bonds is 5. The van der Waals surface area contributed by atoms with Crippen LogP contribution >= 0.6 is 11.6 Å². The van der Waals surface area contributed by atoms with Gasteiger partial charge in [-0.3, -0.25) is 10.1 Å². The van der Waals surface area contributed by atoms with E-state index in [1.54, 1.807) is 24.3 Å². The average molecular weight is 368 g/mol. The lowest BCUT2D eigenvalue weighted by Gasteiger charge is -1.97. The molecular weight excluding hydrogens is 357 g/mol. The van der Waals surface area contributed by atoms with E-state index in [0.717, 1.165) is 0 Å². The number of halogens is 2. The Morgan fingerprint density at radius 2 is 1.67 bits per heavy atom. The van der Waals surface area contributed by atoms with Gasteiger partial charge in [-0.25, -0.2) is 0 Å². The fourth-order valence-corrected chi connectivity index (χ4v) is 2.53. The third kappa shape index (κ3) is 4.74. The highest BCUT2D eigenvalue weighted by Crippen LogP contribution is 2.23. The molecule has 2 aromatic carbocycles. The van der Waals surface area contributed by atoms with E-state index >= 15 is 0 Å². The Balaban J connectivity index is 2.08. The molecule has 0 aliphatic rings. The lowest BCUT2D eigenvalue weighted by Crippen LogP contribution is -1.90. The fourth-order valence-electron chi connectivity index (χ4n) is 1.83. The summed E-state index contributed by atoms with van der Waals surface area (Å²) >= 11 is 5.96. The maximum Gasteiger partial charge on any atom is 0.332 e. The first-order chi connectivity index (χ1) is 11.3. The van der Waals surface area contributed by atoms with Crippen LogP contribution in [0, 0.1) is 10.1 Å². The average Bonchev–Trinajstić information content (AvgIpc) is 2.52. The Kier molecular flexibility index (Phi) is 5.48. The molecule has 0 atom stereocenters. The largest absolute Gasteiger partial charge is 0.332 e. The van der Waals surface area contributed by atoms with Crippen molar-refractivity contribution in [3.63, 3.8) is 0 Å². The summed E-state index contributed by atoms with van der Waals surface area (Å²) in [4.78, 5) is 9.70. The number of nitrogens with zero attached hydrogens (tertiary/aromatic N) is 1. The van der Waals surface area contributed by atoms with Gasteiger partial charge in [0.05, 0.1) is 14.8 Å². The molecule has 0 radical (unpaired) electrons. The zero-order valence-corrected chi connectivity index (χ0v) is 13.7. The van der Waals surface area contributed by atoms with Gasteiger partial charge in [-0.15, -0.1) is 3.89 Å². The normalized spacial score (nSPS) is 12.1. The zero-order valence-electron chi connectivity index (χ0n) is 12.1. The van der Waals surface area contributed by atoms with E-state index in [2.05, 4.69) is 0 Å². The zero-order chi connectivity index (χ0) is 17.7. The maximum atomic E-state index is 12.8. The Bertz CT molecular complexity index is 922. The number of hydrogen-bond donors (Lipinski definition) is 0. The van der Waals surface area contributed by atoms with E-state index in [-0.39, 0.29) is 10.7 Å². The molecule has 24 heavy (non-hydrogen) atoms. The van der Waals surface area contributed by atoms with Crippen LogP contribution in [0.4, 0.5) is 9.57 Å². The standard InChI is InChI=1S/C16H11ClFNO4S/c17-16-11-14(19(20)21)8-7-13(16)4-2-1-3-12-5-9-15(10-6-12)24(18,22)23/h1-11H/b3-1-,4-2-. The van der Waals surface area contributed by atoms with Crippen molar-refractivity contribution < 1.29 is 17.2 Å². The van der Waals surface area contributed by atoms with E-state index in [1.165, 1.54) is 42.5 Å². The Hall–Kier alpha value is -2.51. The second kappa shape index (κ2) is 7.37. The molecular formula is C16H11ClFNO4S. The number of nitro benzene ring substituents is 1. The molecule has 2 aromatic rings. The maximum absolute atomic E-state index is 12.8. The summed E-state index contributed by atoms with van der Waals surface area (Å²) in [6.07, 6.45) is 6.71. The number of benzene rings is 2. The molecule has 0 spiro atoms. The molecule has 0 heterocycles. The summed E-state index contributed by atoms with van der Waals surface area (Å²) in [7, 11) is -4.70. The third-order valence-electron chi connectivity index (χ3n) is 3.03. The Labute approximate surface area is 143 Å². The second-order valence-corrected chi connectivity index (χ2v) is 6.44. The number of allylic oxidation sites excluding steroid dienone is 2. The summed E-state index contributed by atoms with van der Waals surface area (Å²) in [6, 6.07) is 9.43. The molecule has 0 aliphatic heterocycles. The van der Waals surface area contributed by atoms with Crippen molar-refractivity contribution in [3.05, 3.63) is 80.9 Å². The Morgan fingerprint density at radius 3 is 2.21 bits per heavy atom. The minimum absolute atomic E-state index is 0.0874. The molecule has 2 rings (SSSR count). The lowest BCUT2D eigenvalue weighted by molar-refractivity contribution is -0.384. The van der Waals surface area contributed by atoms with Crippen LogP contribution in [-0.4, -0.2) is 13.3 Å².